The van der Waals surface area contributed by atoms with Crippen LogP contribution in [0.1, 0.15) is 22.2 Å². The second kappa shape index (κ2) is 6.31. The summed E-state index contributed by atoms with van der Waals surface area (Å²) in [6, 6.07) is 9.25. The molecular formula is C13H12ClN3O3. The van der Waals surface area contributed by atoms with E-state index in [1.807, 2.05) is 0 Å². The molecule has 0 unspecified atom stereocenters. The average Bonchev–Trinajstić information content (AvgIpc) is 2.45. The van der Waals surface area contributed by atoms with Crippen molar-refractivity contribution in [2.75, 3.05) is 6.54 Å². The van der Waals surface area contributed by atoms with Gasteiger partial charge in [0, 0.05) is 17.6 Å². The number of hydrogen-bond donors (Lipinski definition) is 3. The van der Waals surface area contributed by atoms with Gasteiger partial charge in [-0.1, -0.05) is 23.7 Å². The number of aromatic nitrogens is 2. The minimum Gasteiger partial charge on any atom is -0.387 e. The summed E-state index contributed by atoms with van der Waals surface area (Å²) in [6.45, 7) is 0.0139. The van der Waals surface area contributed by atoms with Gasteiger partial charge in [-0.25, -0.2) is 5.10 Å². The summed E-state index contributed by atoms with van der Waals surface area (Å²) >= 11 is 5.82. The van der Waals surface area contributed by atoms with E-state index in [0.717, 1.165) is 0 Å². The van der Waals surface area contributed by atoms with Crippen LogP contribution < -0.4 is 10.9 Å². The maximum atomic E-state index is 11.7. The van der Waals surface area contributed by atoms with E-state index in [4.69, 9.17) is 11.6 Å². The summed E-state index contributed by atoms with van der Waals surface area (Å²) in [4.78, 5) is 22.6. The van der Waals surface area contributed by atoms with Crippen LogP contribution in [0.3, 0.4) is 0 Å². The number of carbonyl (C=O) groups is 1. The first-order chi connectivity index (χ1) is 9.56. The van der Waals surface area contributed by atoms with Gasteiger partial charge < -0.3 is 10.4 Å². The topological polar surface area (TPSA) is 95.1 Å². The molecule has 0 saturated heterocycles. The number of nitrogens with zero attached hydrogens (tertiary/aromatic N) is 1. The molecule has 0 bridgehead atoms. The lowest BCUT2D eigenvalue weighted by atomic mass is 10.1. The first-order valence-corrected chi connectivity index (χ1v) is 6.21. The van der Waals surface area contributed by atoms with Crippen LogP contribution in [0.2, 0.25) is 5.02 Å². The highest BCUT2D eigenvalue weighted by molar-refractivity contribution is 6.30. The van der Waals surface area contributed by atoms with Crippen molar-refractivity contribution in [1.29, 1.82) is 0 Å². The highest BCUT2D eigenvalue weighted by Crippen LogP contribution is 2.16. The summed E-state index contributed by atoms with van der Waals surface area (Å²) in [5.41, 5.74) is 0.288. The third-order valence-corrected chi connectivity index (χ3v) is 2.84. The molecule has 1 heterocycles. The summed E-state index contributed by atoms with van der Waals surface area (Å²) in [5.74, 6) is -0.484. The molecule has 0 saturated carbocycles. The molecule has 0 spiro atoms. The van der Waals surface area contributed by atoms with Crippen molar-refractivity contribution < 1.29 is 9.90 Å². The minimum atomic E-state index is -0.875. The predicted octanol–water partition coefficient (Wildman–Crippen LogP) is 0.887. The van der Waals surface area contributed by atoms with Crippen LogP contribution in [0.15, 0.2) is 41.2 Å². The number of carbonyl (C=O) groups excluding carboxylic acids is 1. The van der Waals surface area contributed by atoms with Crippen LogP contribution in [0.5, 0.6) is 0 Å². The Hall–Kier alpha value is -2.18. The van der Waals surface area contributed by atoms with Crippen molar-refractivity contribution in [2.45, 2.75) is 6.10 Å². The molecule has 1 atom stereocenters. The number of nitrogens with one attached hydrogen (secondary N) is 2. The van der Waals surface area contributed by atoms with Gasteiger partial charge in [-0.2, -0.15) is 5.10 Å². The maximum absolute atomic E-state index is 11.7. The molecule has 6 nitrogen and oxygen atoms in total. The molecule has 1 aromatic carbocycles. The molecule has 0 radical (unpaired) electrons. The van der Waals surface area contributed by atoms with Gasteiger partial charge in [0.1, 0.15) is 5.69 Å². The van der Waals surface area contributed by atoms with E-state index in [2.05, 4.69) is 15.5 Å². The monoisotopic (exact) mass is 293 g/mol. The summed E-state index contributed by atoms with van der Waals surface area (Å²) in [7, 11) is 0. The Morgan fingerprint density at radius 1 is 1.40 bits per heavy atom. The average molecular weight is 294 g/mol. The van der Waals surface area contributed by atoms with E-state index in [1.165, 1.54) is 12.1 Å². The molecule has 3 N–H and O–H groups in total. The van der Waals surface area contributed by atoms with Crippen LogP contribution in [-0.2, 0) is 0 Å². The fourth-order valence-electron chi connectivity index (χ4n) is 1.58. The maximum Gasteiger partial charge on any atom is 0.271 e. The van der Waals surface area contributed by atoms with E-state index < -0.39 is 12.0 Å². The SMILES string of the molecule is O=C(NC[C@H](O)c1cccc(Cl)c1)c1ccc(=O)[nH]n1. The molecular weight excluding hydrogens is 282 g/mol. The van der Waals surface area contributed by atoms with Gasteiger partial charge in [0.05, 0.1) is 6.10 Å². The third kappa shape index (κ3) is 3.66. The van der Waals surface area contributed by atoms with Gasteiger partial charge >= 0.3 is 0 Å². The Bertz CT molecular complexity index is 651. The molecule has 1 amide bonds. The van der Waals surface area contributed by atoms with Gasteiger partial charge in [-0.15, -0.1) is 0 Å². The summed E-state index contributed by atoms with van der Waals surface area (Å²) in [6.07, 6.45) is -0.875. The normalized spacial score (nSPS) is 11.9. The lowest BCUT2D eigenvalue weighted by Crippen LogP contribution is -2.29. The molecule has 2 aromatic rings. The van der Waals surface area contributed by atoms with E-state index in [1.54, 1.807) is 24.3 Å². The van der Waals surface area contributed by atoms with E-state index in [9.17, 15) is 14.7 Å². The summed E-state index contributed by atoms with van der Waals surface area (Å²) in [5, 5.41) is 18.7. The van der Waals surface area contributed by atoms with Crippen LogP contribution >= 0.6 is 11.6 Å². The van der Waals surface area contributed by atoms with Gasteiger partial charge in [0.15, 0.2) is 0 Å². The van der Waals surface area contributed by atoms with Gasteiger partial charge in [0.2, 0.25) is 0 Å². The lowest BCUT2D eigenvalue weighted by Gasteiger charge is -2.12. The van der Waals surface area contributed by atoms with Crippen LogP contribution in [0.4, 0.5) is 0 Å². The highest BCUT2D eigenvalue weighted by atomic mass is 35.5. The second-order valence-electron chi connectivity index (χ2n) is 4.09. The van der Waals surface area contributed by atoms with Crippen molar-refractivity contribution in [3.63, 3.8) is 0 Å². The number of aliphatic hydroxyl groups excluding tert-OH is 1. The molecule has 20 heavy (non-hydrogen) atoms. The van der Waals surface area contributed by atoms with Gasteiger partial charge in [0.25, 0.3) is 11.5 Å². The Balaban J connectivity index is 1.96. The number of amides is 1. The number of benzene rings is 1. The zero-order valence-corrected chi connectivity index (χ0v) is 11.1. The molecule has 0 aliphatic heterocycles. The number of H-pyrrole nitrogens is 1. The lowest BCUT2D eigenvalue weighted by molar-refractivity contribution is 0.0910. The quantitative estimate of drug-likeness (QED) is 0.780. The number of rotatable bonds is 4. The smallest absolute Gasteiger partial charge is 0.271 e. The molecule has 104 valence electrons. The van der Waals surface area contributed by atoms with Crippen molar-refractivity contribution in [3.8, 4) is 0 Å². The summed E-state index contributed by atoms with van der Waals surface area (Å²) < 4.78 is 0. The zero-order valence-electron chi connectivity index (χ0n) is 10.3. The van der Waals surface area contributed by atoms with E-state index >= 15 is 0 Å². The first kappa shape index (κ1) is 14.2. The predicted molar refractivity (Wildman–Crippen MR) is 73.6 cm³/mol. The molecule has 7 heteroatoms. The minimum absolute atomic E-state index is 0.0139. The highest BCUT2D eigenvalue weighted by Gasteiger charge is 2.12. The fourth-order valence-corrected chi connectivity index (χ4v) is 1.78. The van der Waals surface area contributed by atoms with Crippen LogP contribution in [-0.4, -0.2) is 27.8 Å². The first-order valence-electron chi connectivity index (χ1n) is 5.84. The van der Waals surface area contributed by atoms with Gasteiger partial charge in [-0.3, -0.25) is 9.59 Å². The van der Waals surface area contributed by atoms with Crippen LogP contribution in [0, 0.1) is 0 Å². The number of hydrogen-bond acceptors (Lipinski definition) is 4. The molecule has 0 aliphatic carbocycles. The fraction of sp³-hybridized carbons (Fsp3) is 0.154. The second-order valence-corrected chi connectivity index (χ2v) is 4.52. The molecule has 0 fully saturated rings. The Labute approximate surface area is 119 Å². The van der Waals surface area contributed by atoms with Crippen molar-refractivity contribution >= 4 is 17.5 Å². The molecule has 0 aliphatic rings. The van der Waals surface area contributed by atoms with Crippen molar-refractivity contribution in [2.24, 2.45) is 0 Å². The number of halogens is 1. The van der Waals surface area contributed by atoms with E-state index in [-0.39, 0.29) is 17.8 Å². The number of aliphatic hydroxyl groups is 1. The standard InChI is InChI=1S/C13H12ClN3O3/c14-9-3-1-2-8(6-9)11(18)7-15-13(20)10-4-5-12(19)17-16-10/h1-6,11,18H,7H2,(H,15,20)(H,17,19)/t11-/m0/s1. The number of aromatic amines is 1. The molecule has 2 rings (SSSR count). The third-order valence-electron chi connectivity index (χ3n) is 2.60. The Morgan fingerprint density at radius 3 is 2.85 bits per heavy atom. The van der Waals surface area contributed by atoms with Crippen LogP contribution in [0.25, 0.3) is 0 Å². The van der Waals surface area contributed by atoms with Crippen molar-refractivity contribution in [1.82, 2.24) is 15.5 Å². The zero-order chi connectivity index (χ0) is 14.5. The largest absolute Gasteiger partial charge is 0.387 e. The van der Waals surface area contributed by atoms with Crippen molar-refractivity contribution in [3.05, 3.63) is 63.0 Å². The Morgan fingerprint density at radius 2 is 2.20 bits per heavy atom. The Kier molecular flexibility index (Phi) is 4.49. The van der Waals surface area contributed by atoms with Gasteiger partial charge in [-0.05, 0) is 23.8 Å². The molecule has 1 aromatic heterocycles. The van der Waals surface area contributed by atoms with E-state index in [0.29, 0.717) is 10.6 Å².